The fourth-order valence-electron chi connectivity index (χ4n) is 1.00. The van der Waals surface area contributed by atoms with Crippen LogP contribution >= 0.6 is 28.6 Å². The van der Waals surface area contributed by atoms with Gasteiger partial charge in [0, 0.05) is 0 Å². The van der Waals surface area contributed by atoms with Gasteiger partial charge in [0.15, 0.2) is 0 Å². The molecule has 0 aliphatic carbocycles. The van der Waals surface area contributed by atoms with Gasteiger partial charge in [0.05, 0.1) is 6.61 Å². The van der Waals surface area contributed by atoms with E-state index in [1.807, 2.05) is 0 Å². The Morgan fingerprint density at radius 3 is 2.31 bits per heavy atom. The fraction of sp³-hybridized carbons (Fsp3) is 1.00. The smallest absolute Gasteiger partial charge is 0.306 e. The maximum atomic E-state index is 10.7. The van der Waals surface area contributed by atoms with Crippen LogP contribution in [0.3, 0.4) is 0 Å². The van der Waals surface area contributed by atoms with Crippen LogP contribution in [0.15, 0.2) is 0 Å². The summed E-state index contributed by atoms with van der Waals surface area (Å²) in [5.41, 5.74) is 0. The van der Waals surface area contributed by atoms with Crippen LogP contribution in [0.4, 0.5) is 0 Å². The highest BCUT2D eigenvalue weighted by molar-refractivity contribution is 8.05. The summed E-state index contributed by atoms with van der Waals surface area (Å²) in [5, 5.41) is 0. The highest BCUT2D eigenvalue weighted by Gasteiger charge is 2.12. The van der Waals surface area contributed by atoms with E-state index in [9.17, 15) is 4.57 Å². The molecule has 5 heteroatoms. The molecular weight excluding hydrogens is 230 g/mol. The Bertz CT molecular complexity index is 168. The average molecular weight is 247 g/mol. The normalized spacial score (nSPS) is 12.4. The van der Waals surface area contributed by atoms with Gasteiger partial charge in [0.1, 0.15) is 0 Å². The summed E-state index contributed by atoms with van der Waals surface area (Å²) in [5.74, 6) is 0.744. The Morgan fingerprint density at radius 2 is 1.85 bits per heavy atom. The van der Waals surface area contributed by atoms with E-state index < -0.39 is 6.07 Å². The molecule has 0 spiro atoms. The van der Waals surface area contributed by atoms with Crippen molar-refractivity contribution in [1.29, 1.82) is 0 Å². The summed E-state index contributed by atoms with van der Waals surface area (Å²) in [6.07, 6.45) is 1.06. The van der Waals surface area contributed by atoms with Crippen LogP contribution in [-0.2, 0) is 9.09 Å². The van der Waals surface area contributed by atoms with Gasteiger partial charge >= 0.3 is 6.07 Å². The topological polar surface area (TPSA) is 26.3 Å². The Kier molecular flexibility index (Phi) is 7.53. The van der Waals surface area contributed by atoms with E-state index in [0.717, 1.165) is 18.8 Å². The highest BCUT2D eigenvalue weighted by Crippen LogP contribution is 2.57. The van der Waals surface area contributed by atoms with Gasteiger partial charge in [-0.3, -0.25) is 4.57 Å². The molecule has 0 radical (unpaired) electrons. The van der Waals surface area contributed by atoms with Crippen LogP contribution in [0.1, 0.15) is 39.5 Å². The molecule has 0 saturated carbocycles. The van der Waals surface area contributed by atoms with Gasteiger partial charge in [0.25, 0.3) is 0 Å². The molecule has 0 unspecified atom stereocenters. The summed E-state index contributed by atoms with van der Waals surface area (Å²) < 4.78 is 15.4. The van der Waals surface area contributed by atoms with Gasteiger partial charge < -0.3 is 4.52 Å². The first-order chi connectivity index (χ1) is 5.92. The van der Waals surface area contributed by atoms with E-state index in [2.05, 4.69) is 13.8 Å². The second kappa shape index (κ2) is 7.11. The summed E-state index contributed by atoms with van der Waals surface area (Å²) in [6.45, 7) is 4.78. The zero-order chi connectivity index (χ0) is 10.3. The molecule has 0 aromatic rings. The first kappa shape index (κ1) is 13.8. The first-order valence-electron chi connectivity index (χ1n) is 4.55. The van der Waals surface area contributed by atoms with Gasteiger partial charge in [0.2, 0.25) is 0 Å². The minimum absolute atomic E-state index is 0.391. The van der Waals surface area contributed by atoms with E-state index in [1.165, 1.54) is 12.8 Å². The van der Waals surface area contributed by atoms with Crippen LogP contribution in [-0.4, -0.2) is 6.61 Å². The summed E-state index contributed by atoms with van der Waals surface area (Å²) in [4.78, 5) is 0. The lowest BCUT2D eigenvalue weighted by Crippen LogP contribution is -1.90. The van der Waals surface area contributed by atoms with Gasteiger partial charge in [-0.25, -0.2) is 0 Å². The lowest BCUT2D eigenvalue weighted by Gasteiger charge is -2.05. The number of rotatable bonds is 7. The molecular formula is C8H17Cl2O2P. The highest BCUT2D eigenvalue weighted by atomic mass is 35.9. The number of hydrogen-bond donors (Lipinski definition) is 0. The Morgan fingerprint density at radius 1 is 1.23 bits per heavy atom. The van der Waals surface area contributed by atoms with Crippen molar-refractivity contribution in [3.05, 3.63) is 0 Å². The number of halogens is 2. The maximum Gasteiger partial charge on any atom is 0.380 e. The molecule has 0 fully saturated rings. The standard InChI is InChI=1S/C8H17Cl2O2P/c1-8(2)6-4-3-5-7-12-13(9,10)11/h8H,3-7H2,1-2H3. The fourth-order valence-corrected chi connectivity index (χ4v) is 1.76. The second-order valence-corrected chi connectivity index (χ2v) is 7.77. The van der Waals surface area contributed by atoms with E-state index in [-0.39, 0.29) is 0 Å². The second-order valence-electron chi connectivity index (χ2n) is 3.49. The van der Waals surface area contributed by atoms with Crippen molar-refractivity contribution in [2.75, 3.05) is 6.61 Å². The van der Waals surface area contributed by atoms with E-state index in [0.29, 0.717) is 6.61 Å². The van der Waals surface area contributed by atoms with Crippen LogP contribution in [0.25, 0.3) is 0 Å². The van der Waals surface area contributed by atoms with Crippen molar-refractivity contribution in [1.82, 2.24) is 0 Å². The Labute approximate surface area is 90.0 Å². The first-order valence-corrected chi connectivity index (χ1v) is 7.99. The molecule has 80 valence electrons. The zero-order valence-electron chi connectivity index (χ0n) is 8.13. The van der Waals surface area contributed by atoms with Gasteiger partial charge in [-0.2, -0.15) is 0 Å². The zero-order valence-corrected chi connectivity index (χ0v) is 10.5. The molecule has 0 aromatic carbocycles. The van der Waals surface area contributed by atoms with Gasteiger partial charge in [-0.1, -0.05) is 33.1 Å². The van der Waals surface area contributed by atoms with E-state index in [1.54, 1.807) is 0 Å². The van der Waals surface area contributed by atoms with Crippen LogP contribution < -0.4 is 0 Å². The maximum absolute atomic E-state index is 10.7. The van der Waals surface area contributed by atoms with Crippen molar-refractivity contribution in [2.45, 2.75) is 39.5 Å². The van der Waals surface area contributed by atoms with Crippen molar-refractivity contribution in [3.8, 4) is 0 Å². The third-order valence-electron chi connectivity index (χ3n) is 1.67. The lowest BCUT2D eigenvalue weighted by molar-refractivity contribution is 0.318. The monoisotopic (exact) mass is 246 g/mol. The quantitative estimate of drug-likeness (QED) is 0.476. The molecule has 0 saturated heterocycles. The van der Waals surface area contributed by atoms with Crippen molar-refractivity contribution in [3.63, 3.8) is 0 Å². The average Bonchev–Trinajstić information content (AvgIpc) is 1.93. The Hall–Kier alpha value is 0.770. The van der Waals surface area contributed by atoms with E-state index >= 15 is 0 Å². The SMILES string of the molecule is CC(C)CCCCCOP(=O)(Cl)Cl. The van der Waals surface area contributed by atoms with Crippen LogP contribution in [0, 0.1) is 5.92 Å². The van der Waals surface area contributed by atoms with Crippen LogP contribution in [0.5, 0.6) is 0 Å². The molecule has 13 heavy (non-hydrogen) atoms. The third kappa shape index (κ3) is 12.8. The largest absolute Gasteiger partial charge is 0.380 e. The predicted octanol–water partition coefficient (Wildman–Crippen LogP) is 4.81. The van der Waals surface area contributed by atoms with Crippen molar-refractivity contribution < 1.29 is 9.09 Å². The molecule has 0 rings (SSSR count). The van der Waals surface area contributed by atoms with Crippen molar-refractivity contribution >= 4 is 28.6 Å². The summed E-state index contributed by atoms with van der Waals surface area (Å²) in [7, 11) is 0. The summed E-state index contributed by atoms with van der Waals surface area (Å²) >= 11 is 10.4. The van der Waals surface area contributed by atoms with Crippen LogP contribution in [0.2, 0.25) is 0 Å². The lowest BCUT2D eigenvalue weighted by atomic mass is 10.1. The molecule has 0 bridgehead atoms. The van der Waals surface area contributed by atoms with E-state index in [4.69, 9.17) is 27.0 Å². The number of hydrogen-bond acceptors (Lipinski definition) is 2. The minimum Gasteiger partial charge on any atom is -0.306 e. The van der Waals surface area contributed by atoms with Crippen molar-refractivity contribution in [2.24, 2.45) is 5.92 Å². The minimum atomic E-state index is -3.29. The Balaban J connectivity index is 3.14. The molecule has 0 heterocycles. The molecule has 0 N–H and O–H groups in total. The predicted molar refractivity (Wildman–Crippen MR) is 58.6 cm³/mol. The molecule has 0 amide bonds. The van der Waals surface area contributed by atoms with Gasteiger partial charge in [-0.05, 0) is 34.8 Å². The van der Waals surface area contributed by atoms with Gasteiger partial charge in [-0.15, -0.1) is 0 Å². The summed E-state index contributed by atoms with van der Waals surface area (Å²) in [6, 6.07) is 0. The third-order valence-corrected chi connectivity index (χ3v) is 2.74. The molecule has 0 aliphatic heterocycles. The molecule has 2 nitrogen and oxygen atoms in total. The molecule has 0 atom stereocenters. The molecule has 0 aromatic heterocycles. The number of unbranched alkanes of at least 4 members (excludes halogenated alkanes) is 2. The molecule has 0 aliphatic rings.